The molecule has 0 aliphatic carbocycles. The highest BCUT2D eigenvalue weighted by molar-refractivity contribution is 5.77. The number of rotatable bonds is 3. The maximum Gasteiger partial charge on any atom is 0.411 e. The van der Waals surface area contributed by atoms with Crippen molar-refractivity contribution < 1.29 is 13.9 Å². The third-order valence-electron chi connectivity index (χ3n) is 4.67. The van der Waals surface area contributed by atoms with E-state index in [1.54, 1.807) is 35.6 Å². The lowest BCUT2D eigenvalue weighted by Crippen LogP contribution is -2.49. The van der Waals surface area contributed by atoms with E-state index in [-0.39, 0.29) is 24.2 Å². The molecular formula is C21H25FN6O2. The monoisotopic (exact) mass is 412 g/mol. The lowest BCUT2D eigenvalue weighted by molar-refractivity contribution is -0.0219. The van der Waals surface area contributed by atoms with Gasteiger partial charge >= 0.3 is 6.09 Å². The first kappa shape index (κ1) is 21.4. The number of aromatic nitrogens is 4. The highest BCUT2D eigenvalue weighted by atomic mass is 19.1. The normalized spacial score (nSPS) is 15.9. The lowest BCUT2D eigenvalue weighted by atomic mass is 10.1. The van der Waals surface area contributed by atoms with E-state index >= 15 is 0 Å². The molecule has 1 atom stereocenters. The molecule has 3 N–H and O–H groups in total. The molecule has 3 aromatic rings. The number of imidazole rings is 1. The first-order valence-corrected chi connectivity index (χ1v) is 9.42. The summed E-state index contributed by atoms with van der Waals surface area (Å²) in [6.07, 6.45) is 5.00. The molecule has 158 valence electrons. The van der Waals surface area contributed by atoms with E-state index in [1.165, 1.54) is 18.5 Å². The van der Waals surface area contributed by atoms with Crippen molar-refractivity contribution in [3.05, 3.63) is 55.0 Å². The standard InChI is InChI=1S/C21H22FN5O2.H3N/c1-21(2,3)29-20(28)26-11-9-17(26)27-13-25-18(14-4-6-15(22)7-5-14)19(27)16-8-10-23-12-24-16;/h4-8,10,12-13,17H,9,11H2,1-3H3;1H3. The molecule has 1 fully saturated rings. The van der Waals surface area contributed by atoms with Gasteiger partial charge in [0.2, 0.25) is 0 Å². The second-order valence-electron chi connectivity index (χ2n) is 7.89. The summed E-state index contributed by atoms with van der Waals surface area (Å²) in [6.45, 7) is 6.13. The van der Waals surface area contributed by atoms with Crippen LogP contribution in [0.25, 0.3) is 22.6 Å². The zero-order valence-corrected chi connectivity index (χ0v) is 17.2. The summed E-state index contributed by atoms with van der Waals surface area (Å²) in [5.41, 5.74) is 2.28. The van der Waals surface area contributed by atoms with Crippen LogP contribution in [0.4, 0.5) is 9.18 Å². The number of hydrogen-bond donors (Lipinski definition) is 1. The minimum absolute atomic E-state index is 0. The molecule has 3 heterocycles. The third kappa shape index (κ3) is 4.16. The number of amides is 1. The molecule has 0 bridgehead atoms. The summed E-state index contributed by atoms with van der Waals surface area (Å²) in [6, 6.07) is 7.94. The Morgan fingerprint density at radius 1 is 1.17 bits per heavy atom. The first-order chi connectivity index (χ1) is 13.8. The van der Waals surface area contributed by atoms with E-state index in [0.29, 0.717) is 17.9 Å². The molecule has 1 aromatic carbocycles. The van der Waals surface area contributed by atoms with Crippen molar-refractivity contribution in [1.82, 2.24) is 30.6 Å². The van der Waals surface area contributed by atoms with Gasteiger partial charge in [-0.1, -0.05) is 0 Å². The Morgan fingerprint density at radius 3 is 2.47 bits per heavy atom. The maximum absolute atomic E-state index is 13.4. The summed E-state index contributed by atoms with van der Waals surface area (Å²) in [5, 5.41) is 0. The Bertz CT molecular complexity index is 1010. The van der Waals surface area contributed by atoms with Gasteiger partial charge in [-0.2, -0.15) is 0 Å². The summed E-state index contributed by atoms with van der Waals surface area (Å²) < 4.78 is 20.8. The van der Waals surface area contributed by atoms with Crippen LogP contribution >= 0.6 is 0 Å². The number of nitrogens with zero attached hydrogens (tertiary/aromatic N) is 5. The average Bonchev–Trinajstić information content (AvgIpc) is 3.05. The Kier molecular flexibility index (Phi) is 5.84. The van der Waals surface area contributed by atoms with Gasteiger partial charge in [0.15, 0.2) is 0 Å². The molecule has 30 heavy (non-hydrogen) atoms. The van der Waals surface area contributed by atoms with E-state index in [4.69, 9.17) is 4.74 Å². The maximum atomic E-state index is 13.4. The van der Waals surface area contributed by atoms with Gasteiger partial charge < -0.3 is 15.5 Å². The molecule has 1 saturated heterocycles. The molecule has 9 heteroatoms. The van der Waals surface area contributed by atoms with Gasteiger partial charge in [-0.05, 0) is 51.1 Å². The zero-order chi connectivity index (χ0) is 20.6. The van der Waals surface area contributed by atoms with Gasteiger partial charge in [0.1, 0.15) is 23.9 Å². The summed E-state index contributed by atoms with van der Waals surface area (Å²) >= 11 is 0. The Balaban J connectivity index is 0.00000256. The van der Waals surface area contributed by atoms with Crippen molar-refractivity contribution in [3.63, 3.8) is 0 Å². The lowest BCUT2D eigenvalue weighted by Gasteiger charge is -2.42. The van der Waals surface area contributed by atoms with Crippen LogP contribution in [0.15, 0.2) is 49.2 Å². The summed E-state index contributed by atoms with van der Waals surface area (Å²) in [4.78, 5) is 27.2. The zero-order valence-electron chi connectivity index (χ0n) is 17.2. The van der Waals surface area contributed by atoms with E-state index in [0.717, 1.165) is 17.7 Å². The Hall–Kier alpha value is -3.33. The van der Waals surface area contributed by atoms with Crippen molar-refractivity contribution in [2.75, 3.05) is 6.54 Å². The smallest absolute Gasteiger partial charge is 0.411 e. The second-order valence-corrected chi connectivity index (χ2v) is 7.89. The number of hydrogen-bond acceptors (Lipinski definition) is 6. The SMILES string of the molecule is CC(C)(C)OC(=O)N1CCC1n1cnc(-c2ccc(F)cc2)c1-c1ccncn1.N. The molecular weight excluding hydrogens is 387 g/mol. The topological polar surface area (TPSA) is 108 Å². The van der Waals surface area contributed by atoms with Gasteiger partial charge in [-0.25, -0.2) is 24.1 Å². The number of likely N-dealkylation sites (tertiary alicyclic amines) is 1. The highest BCUT2D eigenvalue weighted by Gasteiger charge is 2.38. The fraction of sp³-hybridized carbons (Fsp3) is 0.333. The number of halogens is 1. The van der Waals surface area contributed by atoms with Crippen molar-refractivity contribution >= 4 is 6.09 Å². The minimum atomic E-state index is -0.569. The molecule has 0 radical (unpaired) electrons. The molecule has 1 aliphatic heterocycles. The van der Waals surface area contributed by atoms with Crippen molar-refractivity contribution in [3.8, 4) is 22.6 Å². The molecule has 8 nitrogen and oxygen atoms in total. The van der Waals surface area contributed by atoms with Crippen LogP contribution in [0.1, 0.15) is 33.4 Å². The Labute approximate surface area is 174 Å². The molecule has 4 rings (SSSR count). The minimum Gasteiger partial charge on any atom is -0.444 e. The van der Waals surface area contributed by atoms with Crippen molar-refractivity contribution in [2.24, 2.45) is 0 Å². The molecule has 1 aliphatic rings. The van der Waals surface area contributed by atoms with E-state index < -0.39 is 5.60 Å². The van der Waals surface area contributed by atoms with Gasteiger partial charge in [0.25, 0.3) is 0 Å². The fourth-order valence-electron chi connectivity index (χ4n) is 3.29. The second kappa shape index (κ2) is 8.19. The molecule has 1 amide bonds. The van der Waals surface area contributed by atoms with Crippen LogP contribution in [-0.4, -0.2) is 42.7 Å². The summed E-state index contributed by atoms with van der Waals surface area (Å²) in [5.74, 6) is -0.313. The molecule has 0 spiro atoms. The molecule has 0 saturated carbocycles. The third-order valence-corrected chi connectivity index (χ3v) is 4.67. The predicted molar refractivity (Wildman–Crippen MR) is 110 cm³/mol. The molecule has 2 aromatic heterocycles. The molecule has 1 unspecified atom stereocenters. The van der Waals surface area contributed by atoms with E-state index in [9.17, 15) is 9.18 Å². The van der Waals surface area contributed by atoms with Crippen molar-refractivity contribution in [1.29, 1.82) is 0 Å². The van der Waals surface area contributed by atoms with Gasteiger partial charge in [-0.3, -0.25) is 4.90 Å². The van der Waals surface area contributed by atoms with Crippen LogP contribution in [0.3, 0.4) is 0 Å². The van der Waals surface area contributed by atoms with Crippen LogP contribution in [0.2, 0.25) is 0 Å². The fourth-order valence-corrected chi connectivity index (χ4v) is 3.29. The number of carbonyl (C=O) groups excluding carboxylic acids is 1. The van der Waals surface area contributed by atoms with Gasteiger partial charge in [0.05, 0.1) is 23.4 Å². The first-order valence-electron chi connectivity index (χ1n) is 9.42. The van der Waals surface area contributed by atoms with Gasteiger partial charge in [-0.15, -0.1) is 0 Å². The van der Waals surface area contributed by atoms with E-state index in [2.05, 4.69) is 15.0 Å². The van der Waals surface area contributed by atoms with Crippen LogP contribution in [0.5, 0.6) is 0 Å². The van der Waals surface area contributed by atoms with E-state index in [1.807, 2.05) is 25.3 Å². The Morgan fingerprint density at radius 2 is 1.90 bits per heavy atom. The van der Waals surface area contributed by atoms with Crippen molar-refractivity contribution in [2.45, 2.75) is 39.0 Å². The van der Waals surface area contributed by atoms with Crippen LogP contribution in [-0.2, 0) is 4.74 Å². The number of benzene rings is 1. The number of ether oxygens (including phenoxy) is 1. The predicted octanol–water partition coefficient (Wildman–Crippen LogP) is 4.45. The quantitative estimate of drug-likeness (QED) is 0.681. The summed E-state index contributed by atoms with van der Waals surface area (Å²) in [7, 11) is 0. The van der Waals surface area contributed by atoms with Crippen LogP contribution < -0.4 is 6.15 Å². The average molecular weight is 412 g/mol. The largest absolute Gasteiger partial charge is 0.444 e. The number of carbonyl (C=O) groups is 1. The van der Waals surface area contributed by atoms with Gasteiger partial charge in [0, 0.05) is 24.7 Å². The van der Waals surface area contributed by atoms with Crippen LogP contribution in [0, 0.1) is 5.82 Å². The highest BCUT2D eigenvalue weighted by Crippen LogP contribution is 2.37.